The number of aromatic amines is 1. The van der Waals surface area contributed by atoms with Crippen molar-refractivity contribution in [2.45, 2.75) is 33.6 Å². The molecule has 1 aliphatic heterocycles. The molecule has 2 heterocycles. The van der Waals surface area contributed by atoms with Crippen LogP contribution in [0, 0.1) is 5.92 Å². The second kappa shape index (κ2) is 7.68. The lowest BCUT2D eigenvalue weighted by molar-refractivity contribution is 0.0705. The number of carbonyl (C=O) groups is 1. The van der Waals surface area contributed by atoms with Crippen LogP contribution in [0.1, 0.15) is 44.0 Å². The smallest absolute Gasteiger partial charge is 0.256 e. The normalized spacial score (nSPS) is 18.4. The zero-order valence-corrected chi connectivity index (χ0v) is 15.4. The van der Waals surface area contributed by atoms with E-state index in [9.17, 15) is 4.79 Å². The minimum absolute atomic E-state index is 0.121. The molecule has 1 fully saturated rings. The number of amides is 1. The molecule has 1 saturated heterocycles. The molecule has 132 valence electrons. The Hall–Kier alpha value is -2.36. The van der Waals surface area contributed by atoms with Crippen molar-refractivity contribution in [3.8, 4) is 0 Å². The third-order valence-corrected chi connectivity index (χ3v) is 4.72. The Bertz CT molecular complexity index is 811. The molecule has 1 unspecified atom stereocenters. The molecule has 4 nitrogen and oxygen atoms in total. The Morgan fingerprint density at radius 2 is 2.16 bits per heavy atom. The van der Waals surface area contributed by atoms with Gasteiger partial charge in [-0.2, -0.15) is 0 Å². The van der Waals surface area contributed by atoms with Crippen molar-refractivity contribution in [2.24, 2.45) is 10.9 Å². The molecule has 1 aromatic carbocycles. The van der Waals surface area contributed by atoms with Gasteiger partial charge in [-0.15, -0.1) is 0 Å². The van der Waals surface area contributed by atoms with Crippen LogP contribution in [-0.4, -0.2) is 41.1 Å². The highest BCUT2D eigenvalue weighted by atomic mass is 16.2. The molecule has 1 aliphatic rings. The van der Waals surface area contributed by atoms with E-state index >= 15 is 0 Å². The topological polar surface area (TPSA) is 48.5 Å². The second-order valence-electron chi connectivity index (χ2n) is 6.96. The fourth-order valence-corrected chi connectivity index (χ4v) is 3.59. The zero-order chi connectivity index (χ0) is 17.8. The summed E-state index contributed by atoms with van der Waals surface area (Å²) in [5.41, 5.74) is 4.18. The van der Waals surface area contributed by atoms with Gasteiger partial charge in [0.1, 0.15) is 0 Å². The number of para-hydroxylation sites is 1. The fourth-order valence-electron chi connectivity index (χ4n) is 3.59. The molecule has 1 aromatic heterocycles. The fraction of sp³-hybridized carbons (Fsp3) is 0.429. The van der Waals surface area contributed by atoms with Gasteiger partial charge in [0.05, 0.1) is 5.56 Å². The molecule has 4 heteroatoms. The summed E-state index contributed by atoms with van der Waals surface area (Å²) < 4.78 is 0. The molecule has 1 atom stereocenters. The number of nitrogens with zero attached hydrogens (tertiary/aromatic N) is 2. The molecule has 0 bridgehead atoms. The van der Waals surface area contributed by atoms with Gasteiger partial charge in [-0.25, -0.2) is 0 Å². The average Bonchev–Trinajstić information content (AvgIpc) is 3.04. The first kappa shape index (κ1) is 17.5. The van der Waals surface area contributed by atoms with E-state index in [4.69, 9.17) is 4.99 Å². The maximum atomic E-state index is 13.1. The van der Waals surface area contributed by atoms with Crippen LogP contribution in [0.2, 0.25) is 0 Å². The van der Waals surface area contributed by atoms with Crippen LogP contribution in [0.15, 0.2) is 47.1 Å². The summed E-state index contributed by atoms with van der Waals surface area (Å²) in [6.07, 6.45) is 6.14. The van der Waals surface area contributed by atoms with Gasteiger partial charge in [-0.05, 0) is 45.8 Å². The largest absolute Gasteiger partial charge is 0.360 e. The Morgan fingerprint density at radius 3 is 2.92 bits per heavy atom. The maximum Gasteiger partial charge on any atom is 0.256 e. The van der Waals surface area contributed by atoms with Gasteiger partial charge in [0.25, 0.3) is 5.91 Å². The number of aromatic nitrogens is 1. The Labute approximate surface area is 149 Å². The lowest BCUT2D eigenvalue weighted by Gasteiger charge is -2.33. The number of piperidine rings is 1. The summed E-state index contributed by atoms with van der Waals surface area (Å²) in [5.74, 6) is 0.452. The lowest BCUT2D eigenvalue weighted by Crippen LogP contribution is -2.42. The van der Waals surface area contributed by atoms with Crippen LogP contribution in [-0.2, 0) is 0 Å². The number of rotatable bonds is 4. The number of likely N-dealkylation sites (tertiary alicyclic amines) is 1. The van der Waals surface area contributed by atoms with Crippen LogP contribution in [0.25, 0.3) is 10.9 Å². The number of allylic oxidation sites excluding steroid dienone is 2. The van der Waals surface area contributed by atoms with E-state index in [0.717, 1.165) is 54.7 Å². The van der Waals surface area contributed by atoms with E-state index in [-0.39, 0.29) is 5.91 Å². The number of carbonyl (C=O) groups excluding carboxylic acids is 1. The highest BCUT2D eigenvalue weighted by Gasteiger charge is 2.27. The van der Waals surface area contributed by atoms with Gasteiger partial charge in [-0.1, -0.05) is 23.8 Å². The van der Waals surface area contributed by atoms with Crippen molar-refractivity contribution in [1.82, 2.24) is 9.88 Å². The Morgan fingerprint density at radius 1 is 1.36 bits per heavy atom. The Balaban J connectivity index is 1.82. The summed E-state index contributed by atoms with van der Waals surface area (Å²) in [5, 5.41) is 1.00. The summed E-state index contributed by atoms with van der Waals surface area (Å²) in [6, 6.07) is 7.98. The molecule has 0 saturated carbocycles. The van der Waals surface area contributed by atoms with Crippen molar-refractivity contribution in [3.05, 3.63) is 47.7 Å². The monoisotopic (exact) mass is 337 g/mol. The van der Waals surface area contributed by atoms with Gasteiger partial charge in [0.15, 0.2) is 0 Å². The Kier molecular flexibility index (Phi) is 5.37. The van der Waals surface area contributed by atoms with Gasteiger partial charge in [0, 0.05) is 48.4 Å². The van der Waals surface area contributed by atoms with Crippen LogP contribution in [0.3, 0.4) is 0 Å². The molecule has 0 aliphatic carbocycles. The standard InChI is InChI=1S/C21H27N3O/c1-4-22-20(12-15(2)3)16-8-7-11-24(14-16)21(25)18-13-23-19-10-6-5-9-17(18)19/h5-6,9-10,12-13,16,23H,4,7-8,11,14H2,1-3H3. The summed E-state index contributed by atoms with van der Waals surface area (Å²) in [7, 11) is 0. The molecule has 0 radical (unpaired) electrons. The third kappa shape index (κ3) is 3.84. The quantitative estimate of drug-likeness (QED) is 0.823. The summed E-state index contributed by atoms with van der Waals surface area (Å²) in [4.78, 5) is 23.0. The predicted octanol–water partition coefficient (Wildman–Crippen LogP) is 4.45. The molecular formula is C21H27N3O. The van der Waals surface area contributed by atoms with Gasteiger partial charge in [0.2, 0.25) is 0 Å². The van der Waals surface area contributed by atoms with Crippen molar-refractivity contribution in [2.75, 3.05) is 19.6 Å². The van der Waals surface area contributed by atoms with E-state index in [2.05, 4.69) is 31.8 Å². The molecule has 25 heavy (non-hydrogen) atoms. The number of nitrogens with one attached hydrogen (secondary N) is 1. The molecule has 2 aromatic rings. The number of H-pyrrole nitrogens is 1. The number of hydrogen-bond donors (Lipinski definition) is 1. The molecule has 3 rings (SSSR count). The van der Waals surface area contributed by atoms with Crippen molar-refractivity contribution < 1.29 is 4.79 Å². The number of hydrogen-bond acceptors (Lipinski definition) is 2. The van der Waals surface area contributed by atoms with E-state index in [1.165, 1.54) is 5.57 Å². The van der Waals surface area contributed by atoms with Crippen molar-refractivity contribution in [3.63, 3.8) is 0 Å². The molecular weight excluding hydrogens is 310 g/mol. The second-order valence-corrected chi connectivity index (χ2v) is 6.96. The van der Waals surface area contributed by atoms with E-state index in [0.29, 0.717) is 5.92 Å². The van der Waals surface area contributed by atoms with Crippen molar-refractivity contribution >= 4 is 22.5 Å². The highest BCUT2D eigenvalue weighted by molar-refractivity contribution is 6.07. The first-order valence-corrected chi connectivity index (χ1v) is 9.14. The van der Waals surface area contributed by atoms with E-state index in [1.807, 2.05) is 35.4 Å². The lowest BCUT2D eigenvalue weighted by atomic mass is 9.91. The minimum Gasteiger partial charge on any atom is -0.360 e. The minimum atomic E-state index is 0.121. The van der Waals surface area contributed by atoms with Gasteiger partial charge >= 0.3 is 0 Å². The SMILES string of the molecule is CCN=C(C=C(C)C)C1CCCN(C(=O)c2c[nH]c3ccccc23)C1. The third-order valence-electron chi connectivity index (χ3n) is 4.72. The number of benzene rings is 1. The average molecular weight is 337 g/mol. The van der Waals surface area contributed by atoms with Crippen LogP contribution < -0.4 is 0 Å². The predicted molar refractivity (Wildman–Crippen MR) is 104 cm³/mol. The molecule has 0 spiro atoms. The van der Waals surface area contributed by atoms with Gasteiger partial charge < -0.3 is 9.88 Å². The maximum absolute atomic E-state index is 13.1. The van der Waals surface area contributed by atoms with E-state index in [1.54, 1.807) is 0 Å². The summed E-state index contributed by atoms with van der Waals surface area (Å²) in [6.45, 7) is 8.62. The summed E-state index contributed by atoms with van der Waals surface area (Å²) >= 11 is 0. The number of fused-ring (bicyclic) bond motifs is 1. The van der Waals surface area contributed by atoms with Crippen LogP contribution in [0.4, 0.5) is 0 Å². The number of aliphatic imine (C=N–C) groups is 1. The molecule has 1 N–H and O–H groups in total. The molecule has 1 amide bonds. The highest BCUT2D eigenvalue weighted by Crippen LogP contribution is 2.24. The van der Waals surface area contributed by atoms with Crippen molar-refractivity contribution in [1.29, 1.82) is 0 Å². The van der Waals surface area contributed by atoms with Crippen LogP contribution in [0.5, 0.6) is 0 Å². The zero-order valence-electron chi connectivity index (χ0n) is 15.4. The first-order chi connectivity index (χ1) is 12.1. The first-order valence-electron chi connectivity index (χ1n) is 9.14. The van der Waals surface area contributed by atoms with Crippen LogP contribution >= 0.6 is 0 Å². The van der Waals surface area contributed by atoms with E-state index < -0.39 is 0 Å². The van der Waals surface area contributed by atoms with Gasteiger partial charge in [-0.3, -0.25) is 9.79 Å².